The summed E-state index contributed by atoms with van der Waals surface area (Å²) in [7, 11) is 0. The number of rotatable bonds is 4. The highest BCUT2D eigenvalue weighted by molar-refractivity contribution is 5.76. The first-order valence-electron chi connectivity index (χ1n) is 6.65. The molecule has 0 bridgehead atoms. The number of hydrogen-bond acceptors (Lipinski definition) is 4. The summed E-state index contributed by atoms with van der Waals surface area (Å²) in [6, 6.07) is 7.91. The molecule has 1 unspecified atom stereocenters. The zero-order valence-electron chi connectivity index (χ0n) is 12.3. The summed E-state index contributed by atoms with van der Waals surface area (Å²) < 4.78 is 1.42. The van der Waals surface area contributed by atoms with E-state index in [4.69, 9.17) is 5.26 Å². The third-order valence-electron chi connectivity index (χ3n) is 3.44. The average molecular weight is 283 g/mol. The van der Waals surface area contributed by atoms with Gasteiger partial charge in [-0.15, -0.1) is 10.2 Å². The van der Waals surface area contributed by atoms with Crippen molar-refractivity contribution in [3.63, 3.8) is 0 Å². The van der Waals surface area contributed by atoms with E-state index in [1.807, 2.05) is 32.0 Å². The quantitative estimate of drug-likeness (QED) is 0.924. The lowest BCUT2D eigenvalue weighted by atomic mass is 10.0. The third kappa shape index (κ3) is 3.45. The molecule has 6 heteroatoms. The van der Waals surface area contributed by atoms with E-state index in [1.54, 1.807) is 0 Å². The second kappa shape index (κ2) is 6.18. The van der Waals surface area contributed by atoms with Crippen LogP contribution in [-0.4, -0.2) is 20.7 Å². The standard InChI is InChI=1S/C15H17N5O/c1-10-4-5-13(6-11(10)2)12(3)18-15(21)8-20-9-17-19-14(20)7-16/h4-6,9,12H,8H2,1-3H3,(H,18,21). The van der Waals surface area contributed by atoms with E-state index >= 15 is 0 Å². The molecule has 1 aromatic carbocycles. The van der Waals surface area contributed by atoms with Crippen LogP contribution < -0.4 is 5.32 Å². The Bertz CT molecular complexity index is 698. The number of benzene rings is 1. The predicted molar refractivity (Wildman–Crippen MR) is 77.2 cm³/mol. The number of carbonyl (C=O) groups excluding carboxylic acids is 1. The van der Waals surface area contributed by atoms with Crippen molar-refractivity contribution in [3.05, 3.63) is 47.0 Å². The van der Waals surface area contributed by atoms with Crippen LogP contribution >= 0.6 is 0 Å². The van der Waals surface area contributed by atoms with Gasteiger partial charge in [0.2, 0.25) is 11.7 Å². The Kier molecular flexibility index (Phi) is 4.33. The molecule has 2 aromatic rings. The Morgan fingerprint density at radius 1 is 1.43 bits per heavy atom. The number of nitrogens with one attached hydrogen (secondary N) is 1. The molecule has 1 atom stereocenters. The van der Waals surface area contributed by atoms with Gasteiger partial charge in [-0.25, -0.2) is 0 Å². The molecular weight excluding hydrogens is 266 g/mol. The highest BCUT2D eigenvalue weighted by Gasteiger charge is 2.12. The molecule has 6 nitrogen and oxygen atoms in total. The fourth-order valence-corrected chi connectivity index (χ4v) is 2.02. The second-order valence-corrected chi connectivity index (χ2v) is 5.03. The van der Waals surface area contributed by atoms with Crippen LogP contribution in [0.25, 0.3) is 0 Å². The summed E-state index contributed by atoms with van der Waals surface area (Å²) in [5.41, 5.74) is 3.47. The highest BCUT2D eigenvalue weighted by Crippen LogP contribution is 2.16. The van der Waals surface area contributed by atoms with Crippen molar-refractivity contribution < 1.29 is 4.79 Å². The van der Waals surface area contributed by atoms with Crippen molar-refractivity contribution in [2.24, 2.45) is 0 Å². The molecule has 1 aromatic heterocycles. The van der Waals surface area contributed by atoms with Crippen molar-refractivity contribution in [2.45, 2.75) is 33.4 Å². The average Bonchev–Trinajstić information content (AvgIpc) is 2.88. The molecule has 0 saturated heterocycles. The Morgan fingerprint density at radius 2 is 2.19 bits per heavy atom. The summed E-state index contributed by atoms with van der Waals surface area (Å²) in [6.45, 7) is 6.06. The molecule has 0 aliphatic carbocycles. The van der Waals surface area contributed by atoms with Gasteiger partial charge in [0, 0.05) is 0 Å². The van der Waals surface area contributed by atoms with Crippen LogP contribution in [0.5, 0.6) is 0 Å². The Hall–Kier alpha value is -2.68. The largest absolute Gasteiger partial charge is 0.348 e. The van der Waals surface area contributed by atoms with E-state index in [9.17, 15) is 4.79 Å². The van der Waals surface area contributed by atoms with Gasteiger partial charge in [0.15, 0.2) is 0 Å². The fourth-order valence-electron chi connectivity index (χ4n) is 2.02. The van der Waals surface area contributed by atoms with Crippen LogP contribution in [0.15, 0.2) is 24.5 Å². The summed E-state index contributed by atoms with van der Waals surface area (Å²) >= 11 is 0. The Morgan fingerprint density at radius 3 is 2.86 bits per heavy atom. The summed E-state index contributed by atoms with van der Waals surface area (Å²) in [6.07, 6.45) is 1.37. The highest BCUT2D eigenvalue weighted by atomic mass is 16.2. The lowest BCUT2D eigenvalue weighted by molar-refractivity contribution is -0.122. The first-order valence-corrected chi connectivity index (χ1v) is 6.65. The molecule has 0 saturated carbocycles. The second-order valence-electron chi connectivity index (χ2n) is 5.03. The van der Waals surface area contributed by atoms with Crippen molar-refractivity contribution in [3.8, 4) is 6.07 Å². The van der Waals surface area contributed by atoms with Gasteiger partial charge in [-0.3, -0.25) is 9.36 Å². The maximum absolute atomic E-state index is 12.0. The molecular formula is C15H17N5O. The van der Waals surface area contributed by atoms with Crippen LogP contribution in [0.1, 0.15) is 35.5 Å². The van der Waals surface area contributed by atoms with E-state index in [-0.39, 0.29) is 24.3 Å². The van der Waals surface area contributed by atoms with Crippen molar-refractivity contribution >= 4 is 5.91 Å². The molecule has 0 spiro atoms. The SMILES string of the molecule is Cc1ccc(C(C)NC(=O)Cn2cnnc2C#N)cc1C. The van der Waals surface area contributed by atoms with Gasteiger partial charge in [-0.05, 0) is 37.5 Å². The van der Waals surface area contributed by atoms with E-state index in [0.29, 0.717) is 0 Å². The first-order chi connectivity index (χ1) is 10.0. The third-order valence-corrected chi connectivity index (χ3v) is 3.44. The molecule has 0 aliphatic rings. The molecule has 0 fully saturated rings. The molecule has 108 valence electrons. The molecule has 1 amide bonds. The fraction of sp³-hybridized carbons (Fsp3) is 0.333. The maximum Gasteiger partial charge on any atom is 0.240 e. The number of aromatic nitrogens is 3. The molecule has 2 rings (SSSR count). The van der Waals surface area contributed by atoms with Crippen molar-refractivity contribution in [2.75, 3.05) is 0 Å². The van der Waals surface area contributed by atoms with Gasteiger partial charge >= 0.3 is 0 Å². The van der Waals surface area contributed by atoms with Gasteiger partial charge in [0.05, 0.1) is 6.04 Å². The smallest absolute Gasteiger partial charge is 0.240 e. The van der Waals surface area contributed by atoms with Gasteiger partial charge in [-0.1, -0.05) is 18.2 Å². The lowest BCUT2D eigenvalue weighted by Gasteiger charge is -2.16. The van der Waals surface area contributed by atoms with E-state index in [2.05, 4.69) is 28.5 Å². The number of nitrogens with zero attached hydrogens (tertiary/aromatic N) is 4. The molecule has 0 radical (unpaired) electrons. The zero-order chi connectivity index (χ0) is 15.4. The number of aryl methyl sites for hydroxylation is 2. The minimum absolute atomic E-state index is 0.0328. The van der Waals surface area contributed by atoms with Crippen molar-refractivity contribution in [1.29, 1.82) is 5.26 Å². The predicted octanol–water partition coefficient (Wildman–Crippen LogP) is 1.64. The minimum atomic E-state index is -0.183. The lowest BCUT2D eigenvalue weighted by Crippen LogP contribution is -2.30. The zero-order valence-corrected chi connectivity index (χ0v) is 12.3. The molecule has 0 aliphatic heterocycles. The minimum Gasteiger partial charge on any atom is -0.348 e. The number of nitriles is 1. The van der Waals surface area contributed by atoms with Gasteiger partial charge in [0.25, 0.3) is 0 Å². The van der Waals surface area contributed by atoms with E-state index < -0.39 is 0 Å². The maximum atomic E-state index is 12.0. The summed E-state index contributed by atoms with van der Waals surface area (Å²) in [4.78, 5) is 12.0. The molecule has 1 N–H and O–H groups in total. The Labute approximate surface area is 123 Å². The van der Waals surface area contributed by atoms with Crippen LogP contribution in [-0.2, 0) is 11.3 Å². The molecule has 1 heterocycles. The topological polar surface area (TPSA) is 83.6 Å². The summed E-state index contributed by atoms with van der Waals surface area (Å²) in [5.74, 6) is -0.0546. The number of hydrogen-bond donors (Lipinski definition) is 1. The first kappa shape index (κ1) is 14.7. The van der Waals surface area contributed by atoms with Crippen molar-refractivity contribution in [1.82, 2.24) is 20.1 Å². The van der Waals surface area contributed by atoms with Crippen LogP contribution in [0.4, 0.5) is 0 Å². The monoisotopic (exact) mass is 283 g/mol. The van der Waals surface area contributed by atoms with Gasteiger partial charge < -0.3 is 5.32 Å². The van der Waals surface area contributed by atoms with Crippen LogP contribution in [0.2, 0.25) is 0 Å². The number of amides is 1. The number of carbonyl (C=O) groups is 1. The van der Waals surface area contributed by atoms with Crippen LogP contribution in [0, 0.1) is 25.2 Å². The summed E-state index contributed by atoms with van der Waals surface area (Å²) in [5, 5.41) is 19.0. The van der Waals surface area contributed by atoms with Crippen LogP contribution in [0.3, 0.4) is 0 Å². The normalized spacial score (nSPS) is 11.7. The van der Waals surface area contributed by atoms with E-state index in [1.165, 1.54) is 22.0 Å². The Balaban J connectivity index is 2.02. The van der Waals surface area contributed by atoms with Gasteiger partial charge in [-0.2, -0.15) is 5.26 Å². The molecule has 21 heavy (non-hydrogen) atoms. The van der Waals surface area contributed by atoms with E-state index in [0.717, 1.165) is 5.56 Å². The van der Waals surface area contributed by atoms with Gasteiger partial charge in [0.1, 0.15) is 18.9 Å².